The lowest BCUT2D eigenvalue weighted by molar-refractivity contribution is -0.149. The number of urea groups is 1. The maximum absolute atomic E-state index is 12.9. The smallest absolute Gasteiger partial charge is 0.322 e. The molecule has 27 heavy (non-hydrogen) atoms. The molecule has 0 aromatic heterocycles. The Bertz CT molecular complexity index is 851. The van der Waals surface area contributed by atoms with Crippen LogP contribution in [0.5, 0.6) is 0 Å². The van der Waals surface area contributed by atoms with Gasteiger partial charge in [0.2, 0.25) is 0 Å². The van der Waals surface area contributed by atoms with E-state index >= 15 is 0 Å². The normalized spacial score (nSPS) is 32.2. The van der Waals surface area contributed by atoms with Gasteiger partial charge in [-0.1, -0.05) is 18.6 Å². The summed E-state index contributed by atoms with van der Waals surface area (Å²) in [7, 11) is 0. The maximum atomic E-state index is 12.9. The number of nitrogens with one attached hydrogen (secondary N) is 2. The minimum atomic E-state index is -1.17. The van der Waals surface area contributed by atoms with E-state index in [9.17, 15) is 24.3 Å². The highest BCUT2D eigenvalue weighted by Gasteiger charge is 2.55. The molecule has 8 heteroatoms. The fraction of sp³-hybridized carbons (Fsp3) is 0.474. The van der Waals surface area contributed by atoms with Crippen LogP contribution in [0.2, 0.25) is 0 Å². The second-order valence-corrected chi connectivity index (χ2v) is 7.85. The molecular weight excluding hydrogens is 350 g/mol. The fourth-order valence-electron chi connectivity index (χ4n) is 4.67. The largest absolute Gasteiger partial charge is 0.481 e. The Hall–Kier alpha value is -2.90. The lowest BCUT2D eigenvalue weighted by atomic mass is 9.81. The molecule has 4 amide bonds. The lowest BCUT2D eigenvalue weighted by Crippen LogP contribution is -2.40. The van der Waals surface area contributed by atoms with Gasteiger partial charge < -0.3 is 15.3 Å². The van der Waals surface area contributed by atoms with Gasteiger partial charge >= 0.3 is 12.0 Å². The molecule has 4 rings (SSSR count). The van der Waals surface area contributed by atoms with E-state index in [1.54, 1.807) is 36.1 Å². The first-order valence-corrected chi connectivity index (χ1v) is 9.03. The molecule has 1 aromatic rings. The predicted molar refractivity (Wildman–Crippen MR) is 93.8 cm³/mol. The number of nitrogens with zero attached hydrogens (tertiary/aromatic N) is 1. The molecule has 1 aromatic carbocycles. The van der Waals surface area contributed by atoms with Crippen LogP contribution in [0, 0.1) is 11.3 Å². The lowest BCUT2D eigenvalue weighted by Gasteiger charge is -2.24. The molecule has 2 heterocycles. The van der Waals surface area contributed by atoms with Gasteiger partial charge in [0.25, 0.3) is 11.8 Å². The Kier molecular flexibility index (Phi) is 3.76. The molecule has 2 saturated heterocycles. The summed E-state index contributed by atoms with van der Waals surface area (Å²) in [5, 5.41) is 14.5. The fourth-order valence-corrected chi connectivity index (χ4v) is 4.67. The summed E-state index contributed by atoms with van der Waals surface area (Å²) >= 11 is 0. The number of carboxylic acids is 1. The van der Waals surface area contributed by atoms with Crippen LogP contribution in [0.4, 0.5) is 4.79 Å². The summed E-state index contributed by atoms with van der Waals surface area (Å²) in [6.45, 7) is 2.30. The van der Waals surface area contributed by atoms with E-state index in [1.807, 2.05) is 0 Å². The standard InChI is InChI=1S/C19H21N3O5/c1-18(15(24)20-17(27)21-18)12-6-4-11(5-7-12)14(23)22-9-13-3-2-8-19(13,10-22)16(25)26/h4-7,13H,2-3,8-10H2,1H3,(H,25,26)(H2,20,21,24,27)/t13-,18?,19+/m0/s1. The average molecular weight is 371 g/mol. The predicted octanol–water partition coefficient (Wildman–Crippen LogP) is 1.07. The Morgan fingerprint density at radius 3 is 2.48 bits per heavy atom. The molecule has 3 fully saturated rings. The molecule has 0 radical (unpaired) electrons. The summed E-state index contributed by atoms with van der Waals surface area (Å²) < 4.78 is 0. The maximum Gasteiger partial charge on any atom is 0.322 e. The highest BCUT2D eigenvalue weighted by Crippen LogP contribution is 2.49. The Morgan fingerprint density at radius 2 is 1.93 bits per heavy atom. The highest BCUT2D eigenvalue weighted by molar-refractivity contribution is 6.07. The van der Waals surface area contributed by atoms with Gasteiger partial charge in [0.15, 0.2) is 0 Å². The molecule has 3 aliphatic rings. The molecule has 1 aliphatic carbocycles. The summed E-state index contributed by atoms with van der Waals surface area (Å²) in [5.41, 5.74) is -0.971. The van der Waals surface area contributed by atoms with Gasteiger partial charge in [-0.3, -0.25) is 19.7 Å². The van der Waals surface area contributed by atoms with Crippen LogP contribution in [-0.2, 0) is 15.1 Å². The number of amides is 4. The van der Waals surface area contributed by atoms with Gasteiger partial charge in [0, 0.05) is 18.7 Å². The van der Waals surface area contributed by atoms with Crippen LogP contribution in [0.25, 0.3) is 0 Å². The minimum absolute atomic E-state index is 0.00883. The Balaban J connectivity index is 1.53. The van der Waals surface area contributed by atoms with Gasteiger partial charge in [0.1, 0.15) is 5.54 Å². The molecule has 8 nitrogen and oxygen atoms in total. The molecule has 1 unspecified atom stereocenters. The van der Waals surface area contributed by atoms with Crippen LogP contribution in [-0.4, -0.2) is 46.9 Å². The van der Waals surface area contributed by atoms with E-state index in [1.165, 1.54) is 0 Å². The zero-order valence-electron chi connectivity index (χ0n) is 14.9. The first-order chi connectivity index (χ1) is 12.8. The number of benzene rings is 1. The van der Waals surface area contributed by atoms with Crippen molar-refractivity contribution in [3.05, 3.63) is 35.4 Å². The topological polar surface area (TPSA) is 116 Å². The van der Waals surface area contributed by atoms with Crippen LogP contribution in [0.15, 0.2) is 24.3 Å². The third-order valence-corrected chi connectivity index (χ3v) is 6.34. The number of carbonyl (C=O) groups is 4. The SMILES string of the molecule is CC1(c2ccc(C(=O)N3C[C@@H]4CCC[C@@]4(C(=O)O)C3)cc2)NC(=O)NC1=O. The Labute approximate surface area is 155 Å². The second kappa shape index (κ2) is 5.80. The average Bonchev–Trinajstić information content (AvgIpc) is 3.26. The van der Waals surface area contributed by atoms with Crippen LogP contribution in [0.3, 0.4) is 0 Å². The van der Waals surface area contributed by atoms with Gasteiger partial charge in [-0.15, -0.1) is 0 Å². The minimum Gasteiger partial charge on any atom is -0.481 e. The number of imide groups is 1. The van der Waals surface area contributed by atoms with Crippen molar-refractivity contribution in [3.63, 3.8) is 0 Å². The highest BCUT2D eigenvalue weighted by atomic mass is 16.4. The summed E-state index contributed by atoms with van der Waals surface area (Å²) in [6.07, 6.45) is 2.34. The summed E-state index contributed by atoms with van der Waals surface area (Å²) in [6, 6.07) is 5.96. The number of rotatable bonds is 3. The number of likely N-dealkylation sites (tertiary alicyclic amines) is 1. The van der Waals surface area contributed by atoms with E-state index in [0.29, 0.717) is 24.1 Å². The number of hydrogen-bond acceptors (Lipinski definition) is 4. The van der Waals surface area contributed by atoms with Gasteiger partial charge in [-0.2, -0.15) is 0 Å². The second-order valence-electron chi connectivity index (χ2n) is 7.85. The molecule has 0 spiro atoms. The molecule has 2 aliphatic heterocycles. The van der Waals surface area contributed by atoms with Gasteiger partial charge in [-0.05, 0) is 43.4 Å². The zero-order valence-corrected chi connectivity index (χ0v) is 14.9. The van der Waals surface area contributed by atoms with Crippen molar-refractivity contribution in [1.82, 2.24) is 15.5 Å². The van der Waals surface area contributed by atoms with Crippen molar-refractivity contribution in [2.45, 2.75) is 31.7 Å². The van der Waals surface area contributed by atoms with Crippen molar-refractivity contribution >= 4 is 23.8 Å². The monoisotopic (exact) mass is 371 g/mol. The van der Waals surface area contributed by atoms with Crippen molar-refractivity contribution in [3.8, 4) is 0 Å². The Morgan fingerprint density at radius 1 is 1.22 bits per heavy atom. The van der Waals surface area contributed by atoms with Crippen molar-refractivity contribution in [1.29, 1.82) is 0 Å². The first kappa shape index (κ1) is 17.5. The molecule has 3 N–H and O–H groups in total. The van der Waals surface area contributed by atoms with E-state index in [2.05, 4.69) is 10.6 Å². The molecule has 1 saturated carbocycles. The molecular formula is C19H21N3O5. The number of carboxylic acid groups (broad SMARTS) is 1. The number of carbonyl (C=O) groups excluding carboxylic acids is 3. The van der Waals surface area contributed by atoms with Crippen LogP contribution < -0.4 is 10.6 Å². The van der Waals surface area contributed by atoms with E-state index in [-0.39, 0.29) is 18.4 Å². The van der Waals surface area contributed by atoms with Crippen molar-refractivity contribution in [2.24, 2.45) is 11.3 Å². The van der Waals surface area contributed by atoms with Crippen molar-refractivity contribution < 1.29 is 24.3 Å². The van der Waals surface area contributed by atoms with E-state index in [0.717, 1.165) is 12.8 Å². The molecule has 0 bridgehead atoms. The summed E-state index contributed by atoms with van der Waals surface area (Å²) in [4.78, 5) is 49.7. The van der Waals surface area contributed by atoms with E-state index in [4.69, 9.17) is 0 Å². The first-order valence-electron chi connectivity index (χ1n) is 9.03. The quantitative estimate of drug-likeness (QED) is 0.688. The van der Waals surface area contributed by atoms with Crippen LogP contribution in [0.1, 0.15) is 42.1 Å². The van der Waals surface area contributed by atoms with Gasteiger partial charge in [-0.25, -0.2) is 4.79 Å². The number of aliphatic carboxylic acids is 1. The summed E-state index contributed by atoms with van der Waals surface area (Å²) in [5.74, 6) is -1.45. The third-order valence-electron chi connectivity index (χ3n) is 6.34. The third kappa shape index (κ3) is 2.50. The van der Waals surface area contributed by atoms with Crippen LogP contribution >= 0.6 is 0 Å². The van der Waals surface area contributed by atoms with Gasteiger partial charge in [0.05, 0.1) is 5.41 Å². The van der Waals surface area contributed by atoms with Crippen molar-refractivity contribution in [2.75, 3.05) is 13.1 Å². The zero-order chi connectivity index (χ0) is 19.4. The molecule has 3 atom stereocenters. The number of hydrogen-bond donors (Lipinski definition) is 3. The molecule has 142 valence electrons. The number of fused-ring (bicyclic) bond motifs is 1. The van der Waals surface area contributed by atoms with E-state index < -0.39 is 28.9 Å².